The molecule has 0 unspecified atom stereocenters. The van der Waals surface area contributed by atoms with Crippen molar-refractivity contribution in [3.8, 4) is 5.75 Å². The molecule has 0 heterocycles. The molecule has 82 valence electrons. The molecule has 0 bridgehead atoms. The third-order valence-electron chi connectivity index (χ3n) is 1.85. The highest BCUT2D eigenvalue weighted by Crippen LogP contribution is 2.25. The summed E-state index contributed by atoms with van der Waals surface area (Å²) in [5, 5.41) is 18.0. The highest BCUT2D eigenvalue weighted by atomic mass is 32.2. The summed E-state index contributed by atoms with van der Waals surface area (Å²) >= 11 is 1.19. The lowest BCUT2D eigenvalue weighted by atomic mass is 9.80. The van der Waals surface area contributed by atoms with Crippen molar-refractivity contribution in [2.24, 2.45) is 0 Å². The molecule has 0 atom stereocenters. The van der Waals surface area contributed by atoms with Gasteiger partial charge >= 0.3 is 7.12 Å². The van der Waals surface area contributed by atoms with Crippen LogP contribution in [0.5, 0.6) is 5.75 Å². The fraction of sp³-hybridized carbons (Fsp3) is 0.333. The number of benzene rings is 1. The average Bonchev–Trinajstić information content (AvgIpc) is 2.21. The summed E-state index contributed by atoms with van der Waals surface area (Å²) in [6.45, 7) is 2.07. The van der Waals surface area contributed by atoms with Crippen molar-refractivity contribution in [1.82, 2.24) is 0 Å². The summed E-state index contributed by atoms with van der Waals surface area (Å²) in [5.41, 5.74) is 0.226. The van der Waals surface area contributed by atoms with Crippen LogP contribution in [0, 0.1) is 5.82 Å². The van der Waals surface area contributed by atoms with Crippen LogP contribution < -0.4 is 10.2 Å². The predicted octanol–water partition coefficient (Wildman–Crippen LogP) is 0.626. The van der Waals surface area contributed by atoms with Gasteiger partial charge in [-0.2, -0.15) is 0 Å². The van der Waals surface area contributed by atoms with Crippen molar-refractivity contribution in [2.45, 2.75) is 11.8 Å². The van der Waals surface area contributed by atoms with Crippen LogP contribution in [0.25, 0.3) is 0 Å². The Labute approximate surface area is 92.4 Å². The second kappa shape index (κ2) is 5.39. The molecule has 0 aromatic heterocycles. The molecule has 0 aliphatic heterocycles. The highest BCUT2D eigenvalue weighted by molar-refractivity contribution is 7.98. The topological polar surface area (TPSA) is 49.7 Å². The number of ether oxygens (including phenoxy) is 1. The van der Waals surface area contributed by atoms with Crippen molar-refractivity contribution < 1.29 is 19.2 Å². The molecule has 0 aliphatic rings. The summed E-state index contributed by atoms with van der Waals surface area (Å²) in [4.78, 5) is 0.337. The van der Waals surface area contributed by atoms with E-state index < -0.39 is 12.9 Å². The van der Waals surface area contributed by atoms with E-state index in [1.54, 1.807) is 13.2 Å². The summed E-state index contributed by atoms with van der Waals surface area (Å²) < 4.78 is 18.7. The van der Waals surface area contributed by atoms with Gasteiger partial charge in [0.05, 0.1) is 6.61 Å². The van der Waals surface area contributed by atoms with Gasteiger partial charge in [-0.05, 0) is 30.8 Å². The van der Waals surface area contributed by atoms with Crippen molar-refractivity contribution in [3.05, 3.63) is 17.9 Å². The SMILES string of the molecule is CCOc1cc(B(O)O)cc(SC)c1F. The Morgan fingerprint density at radius 3 is 2.60 bits per heavy atom. The zero-order chi connectivity index (χ0) is 11.4. The second-order valence-corrected chi connectivity index (χ2v) is 3.69. The van der Waals surface area contributed by atoms with Gasteiger partial charge in [0.15, 0.2) is 11.6 Å². The first-order valence-corrected chi connectivity index (χ1v) is 5.69. The maximum Gasteiger partial charge on any atom is 0.488 e. The van der Waals surface area contributed by atoms with E-state index >= 15 is 0 Å². The van der Waals surface area contributed by atoms with E-state index in [1.165, 1.54) is 23.9 Å². The van der Waals surface area contributed by atoms with Crippen molar-refractivity contribution >= 4 is 24.3 Å². The van der Waals surface area contributed by atoms with Gasteiger partial charge in [-0.25, -0.2) is 4.39 Å². The van der Waals surface area contributed by atoms with Crippen molar-refractivity contribution in [1.29, 1.82) is 0 Å². The number of hydrogen-bond donors (Lipinski definition) is 2. The van der Waals surface area contributed by atoms with Gasteiger partial charge in [0.2, 0.25) is 0 Å². The van der Waals surface area contributed by atoms with Crippen LogP contribution in [0.4, 0.5) is 4.39 Å². The molecule has 2 N–H and O–H groups in total. The quantitative estimate of drug-likeness (QED) is 0.588. The van der Waals surface area contributed by atoms with Crippen molar-refractivity contribution in [3.63, 3.8) is 0 Å². The molecule has 1 aromatic carbocycles. The van der Waals surface area contributed by atoms with Crippen LogP contribution in [-0.4, -0.2) is 30.0 Å². The Morgan fingerprint density at radius 2 is 2.13 bits per heavy atom. The molecule has 0 saturated carbocycles. The normalized spacial score (nSPS) is 10.2. The molecule has 15 heavy (non-hydrogen) atoms. The second-order valence-electron chi connectivity index (χ2n) is 2.84. The van der Waals surface area contributed by atoms with Crippen LogP contribution >= 0.6 is 11.8 Å². The van der Waals surface area contributed by atoms with Crippen LogP contribution in [0.2, 0.25) is 0 Å². The van der Waals surface area contributed by atoms with Gasteiger partial charge in [0.1, 0.15) is 0 Å². The van der Waals surface area contributed by atoms with E-state index in [2.05, 4.69) is 0 Å². The fourth-order valence-electron chi connectivity index (χ4n) is 1.15. The molecule has 0 fully saturated rings. The first-order chi connectivity index (χ1) is 7.10. The minimum atomic E-state index is -1.62. The number of halogens is 1. The lowest BCUT2D eigenvalue weighted by Crippen LogP contribution is -2.30. The van der Waals surface area contributed by atoms with Gasteiger partial charge in [-0.1, -0.05) is 0 Å². The standard InChI is InChI=1S/C9H12BFO3S/c1-3-14-7-4-6(10(12)13)5-8(15-2)9(7)11/h4-5,12-13H,3H2,1-2H3. The molecule has 3 nitrogen and oxygen atoms in total. The monoisotopic (exact) mass is 230 g/mol. The fourth-order valence-corrected chi connectivity index (χ4v) is 1.68. The highest BCUT2D eigenvalue weighted by Gasteiger charge is 2.17. The first-order valence-electron chi connectivity index (χ1n) is 4.46. The molecule has 0 saturated heterocycles. The molecule has 0 amide bonds. The minimum Gasteiger partial charge on any atom is -0.491 e. The smallest absolute Gasteiger partial charge is 0.488 e. The summed E-state index contributed by atoms with van der Waals surface area (Å²) in [7, 11) is -1.62. The van der Waals surface area contributed by atoms with E-state index in [0.29, 0.717) is 11.5 Å². The maximum atomic E-state index is 13.6. The van der Waals surface area contributed by atoms with Gasteiger partial charge in [-0.3, -0.25) is 0 Å². The van der Waals surface area contributed by atoms with E-state index in [9.17, 15) is 4.39 Å². The Hall–Kier alpha value is -0.715. The molecule has 0 radical (unpaired) electrons. The number of rotatable bonds is 4. The van der Waals surface area contributed by atoms with Gasteiger partial charge in [-0.15, -0.1) is 11.8 Å². The van der Waals surface area contributed by atoms with Crippen LogP contribution in [0.3, 0.4) is 0 Å². The molecular formula is C9H12BFO3S. The van der Waals surface area contributed by atoms with Gasteiger partial charge in [0, 0.05) is 4.90 Å². The van der Waals surface area contributed by atoms with Crippen molar-refractivity contribution in [2.75, 3.05) is 12.9 Å². The van der Waals surface area contributed by atoms with E-state index in [-0.39, 0.29) is 11.2 Å². The van der Waals surface area contributed by atoms with Gasteiger partial charge in [0.25, 0.3) is 0 Å². The molecule has 0 spiro atoms. The van der Waals surface area contributed by atoms with Crippen LogP contribution in [0.1, 0.15) is 6.92 Å². The Balaban J connectivity index is 3.19. The molecule has 0 aliphatic carbocycles. The molecule has 6 heteroatoms. The first kappa shape index (κ1) is 12.4. The maximum absolute atomic E-state index is 13.6. The van der Waals surface area contributed by atoms with E-state index in [1.807, 2.05) is 0 Å². The van der Waals surface area contributed by atoms with E-state index in [4.69, 9.17) is 14.8 Å². The van der Waals surface area contributed by atoms with Crippen LogP contribution in [-0.2, 0) is 0 Å². The van der Waals surface area contributed by atoms with Gasteiger partial charge < -0.3 is 14.8 Å². The molecular weight excluding hydrogens is 218 g/mol. The lowest BCUT2D eigenvalue weighted by molar-refractivity contribution is 0.318. The lowest BCUT2D eigenvalue weighted by Gasteiger charge is -2.10. The zero-order valence-electron chi connectivity index (χ0n) is 8.53. The molecule has 1 rings (SSSR count). The molecule has 1 aromatic rings. The third kappa shape index (κ3) is 2.87. The minimum absolute atomic E-state index is 0.0486. The third-order valence-corrected chi connectivity index (χ3v) is 2.58. The summed E-state index contributed by atoms with van der Waals surface area (Å²) in [6.07, 6.45) is 1.71. The zero-order valence-corrected chi connectivity index (χ0v) is 9.34. The largest absolute Gasteiger partial charge is 0.491 e. The Kier molecular flexibility index (Phi) is 4.44. The number of hydrogen-bond acceptors (Lipinski definition) is 4. The Bertz CT molecular complexity index is 346. The summed E-state index contributed by atoms with van der Waals surface area (Å²) in [6, 6.07) is 2.69. The van der Waals surface area contributed by atoms with E-state index in [0.717, 1.165) is 0 Å². The van der Waals surface area contributed by atoms with Crippen LogP contribution in [0.15, 0.2) is 17.0 Å². The predicted molar refractivity (Wildman–Crippen MR) is 59.2 cm³/mol. The number of thioether (sulfide) groups is 1. The Morgan fingerprint density at radius 1 is 1.47 bits per heavy atom. The summed E-state index contributed by atoms with van der Waals surface area (Å²) in [5.74, 6) is -0.416. The average molecular weight is 230 g/mol.